The van der Waals surface area contributed by atoms with E-state index in [0.717, 1.165) is 30.6 Å². The molecule has 3 aliphatic carbocycles. The molecule has 0 amide bonds. The summed E-state index contributed by atoms with van der Waals surface area (Å²) in [6.45, 7) is 0. The van der Waals surface area contributed by atoms with Crippen LogP contribution < -0.4 is 0 Å². The Labute approximate surface area is 161 Å². The number of unbranched alkanes of at least 4 members (excludes halogenated alkanes) is 1. The second-order valence-corrected chi connectivity index (χ2v) is 8.76. The van der Waals surface area contributed by atoms with Gasteiger partial charge in [0.25, 0.3) is 0 Å². The highest BCUT2D eigenvalue weighted by Gasteiger charge is 2.33. The highest BCUT2D eigenvalue weighted by Crippen LogP contribution is 2.44. The predicted octanol–water partition coefficient (Wildman–Crippen LogP) is 5.89. The van der Waals surface area contributed by atoms with Crippen LogP contribution in [0.2, 0.25) is 0 Å². The van der Waals surface area contributed by atoms with Crippen LogP contribution in [0.5, 0.6) is 0 Å². The zero-order chi connectivity index (χ0) is 18.8. The zero-order valence-electron chi connectivity index (χ0n) is 16.1. The van der Waals surface area contributed by atoms with Gasteiger partial charge in [-0.3, -0.25) is 9.59 Å². The first-order valence-corrected chi connectivity index (χ1v) is 10.8. The topological polar surface area (TPSA) is 54.4 Å². The van der Waals surface area contributed by atoms with Crippen molar-refractivity contribution in [3.8, 4) is 0 Å². The molecule has 144 valence electrons. The first-order chi connectivity index (χ1) is 13.1. The molecule has 4 rings (SSSR count). The maximum absolute atomic E-state index is 12.4. The zero-order valence-corrected chi connectivity index (χ0v) is 16.1. The summed E-state index contributed by atoms with van der Waals surface area (Å²) in [7, 11) is 0. The van der Waals surface area contributed by atoms with Gasteiger partial charge in [0.05, 0.1) is 0 Å². The van der Waals surface area contributed by atoms with E-state index in [-0.39, 0.29) is 5.76 Å². The van der Waals surface area contributed by atoms with E-state index in [1.165, 1.54) is 51.4 Å². The fraction of sp³-hybridized carbons (Fsp3) is 0.583. The number of fused-ring (bicyclic) bond motifs is 2. The smallest absolute Gasteiger partial charge is 0.234 e. The lowest BCUT2D eigenvalue weighted by Gasteiger charge is -2.39. The first kappa shape index (κ1) is 18.5. The molecule has 27 heavy (non-hydrogen) atoms. The number of aliphatic hydroxyl groups is 1. The van der Waals surface area contributed by atoms with E-state index < -0.39 is 11.6 Å². The fourth-order valence-electron chi connectivity index (χ4n) is 5.62. The third kappa shape index (κ3) is 3.74. The van der Waals surface area contributed by atoms with E-state index in [1.807, 2.05) is 0 Å². The first-order valence-electron chi connectivity index (χ1n) is 10.8. The average molecular weight is 367 g/mol. The van der Waals surface area contributed by atoms with Crippen LogP contribution in [0.25, 0.3) is 5.76 Å². The molecule has 0 unspecified atom stereocenters. The number of ketones is 2. The van der Waals surface area contributed by atoms with Gasteiger partial charge in [-0.1, -0.05) is 69.2 Å². The number of carbonyl (C=O) groups is 2. The number of Topliss-reactive ketones (excluding diaryl/α,β-unsaturated/α-hetero) is 2. The number of allylic oxidation sites excluding steroid dienone is 1. The summed E-state index contributed by atoms with van der Waals surface area (Å²) in [4.78, 5) is 24.7. The van der Waals surface area contributed by atoms with Gasteiger partial charge in [0, 0.05) is 16.7 Å². The van der Waals surface area contributed by atoms with Crippen LogP contribution in [-0.4, -0.2) is 16.7 Å². The Morgan fingerprint density at radius 1 is 0.852 bits per heavy atom. The molecular weight excluding hydrogens is 336 g/mol. The molecule has 2 saturated carbocycles. The lowest BCUT2D eigenvalue weighted by Crippen LogP contribution is -2.27. The molecule has 2 fully saturated rings. The quantitative estimate of drug-likeness (QED) is 0.522. The van der Waals surface area contributed by atoms with Gasteiger partial charge in [-0.2, -0.15) is 0 Å². The van der Waals surface area contributed by atoms with Crippen molar-refractivity contribution in [2.45, 2.75) is 70.6 Å². The Bertz CT molecular complexity index is 761. The van der Waals surface area contributed by atoms with Crippen molar-refractivity contribution >= 4 is 17.3 Å². The van der Waals surface area contributed by atoms with Crippen LogP contribution in [0.4, 0.5) is 0 Å². The minimum Gasteiger partial charge on any atom is -0.507 e. The van der Waals surface area contributed by atoms with Crippen molar-refractivity contribution in [2.75, 3.05) is 0 Å². The molecule has 0 bridgehead atoms. The van der Waals surface area contributed by atoms with Gasteiger partial charge in [-0.15, -0.1) is 0 Å². The van der Waals surface area contributed by atoms with Crippen molar-refractivity contribution in [3.05, 3.63) is 41.0 Å². The van der Waals surface area contributed by atoms with Crippen LogP contribution in [0, 0.1) is 17.8 Å². The summed E-state index contributed by atoms with van der Waals surface area (Å²) < 4.78 is 0. The van der Waals surface area contributed by atoms with Crippen LogP contribution >= 0.6 is 0 Å². The lowest BCUT2D eigenvalue weighted by molar-refractivity contribution is -0.112. The molecule has 0 radical (unpaired) electrons. The Morgan fingerprint density at radius 2 is 1.59 bits per heavy atom. The molecule has 0 aromatic heterocycles. The molecule has 3 aliphatic rings. The monoisotopic (exact) mass is 366 g/mol. The number of rotatable bonds is 5. The molecule has 3 atom stereocenters. The van der Waals surface area contributed by atoms with Gasteiger partial charge in [0.15, 0.2) is 0 Å². The van der Waals surface area contributed by atoms with Gasteiger partial charge in [0.1, 0.15) is 5.76 Å². The number of hydrogen-bond donors (Lipinski definition) is 1. The minimum atomic E-state index is -0.520. The average Bonchev–Trinajstić information content (AvgIpc) is 2.71. The molecular formula is C24H30O3. The van der Waals surface area contributed by atoms with Crippen LogP contribution in [0.15, 0.2) is 29.8 Å². The number of hydrogen-bond acceptors (Lipinski definition) is 3. The van der Waals surface area contributed by atoms with Crippen molar-refractivity contribution in [3.63, 3.8) is 0 Å². The Kier molecular flexibility index (Phi) is 5.47. The molecule has 0 spiro atoms. The molecule has 1 aromatic carbocycles. The maximum atomic E-state index is 12.4. The van der Waals surface area contributed by atoms with Crippen LogP contribution in [0.1, 0.15) is 86.6 Å². The highest BCUT2D eigenvalue weighted by atomic mass is 16.3. The largest absolute Gasteiger partial charge is 0.507 e. The number of carbonyl (C=O) groups excluding carboxylic acids is 2. The van der Waals surface area contributed by atoms with Crippen molar-refractivity contribution in [1.29, 1.82) is 0 Å². The van der Waals surface area contributed by atoms with Crippen molar-refractivity contribution in [1.82, 2.24) is 0 Å². The van der Waals surface area contributed by atoms with E-state index in [1.54, 1.807) is 24.3 Å². The van der Waals surface area contributed by atoms with E-state index in [0.29, 0.717) is 23.1 Å². The number of aliphatic hydroxyl groups excluding tert-OH is 1. The normalized spacial score (nSPS) is 28.1. The summed E-state index contributed by atoms with van der Waals surface area (Å²) in [6.07, 6.45) is 13.5. The third-order valence-electron chi connectivity index (χ3n) is 7.13. The molecule has 3 heteroatoms. The molecule has 1 aromatic rings. The van der Waals surface area contributed by atoms with E-state index >= 15 is 0 Å². The fourth-order valence-corrected chi connectivity index (χ4v) is 5.62. The van der Waals surface area contributed by atoms with Crippen LogP contribution in [-0.2, 0) is 4.79 Å². The Morgan fingerprint density at radius 3 is 2.41 bits per heavy atom. The predicted molar refractivity (Wildman–Crippen MR) is 107 cm³/mol. The summed E-state index contributed by atoms with van der Waals surface area (Å²) in [5.74, 6) is 1.79. The van der Waals surface area contributed by atoms with Crippen molar-refractivity contribution in [2.24, 2.45) is 17.8 Å². The molecule has 0 heterocycles. The summed E-state index contributed by atoms with van der Waals surface area (Å²) in [6, 6.07) is 6.85. The van der Waals surface area contributed by atoms with Gasteiger partial charge in [-0.25, -0.2) is 0 Å². The molecule has 0 saturated heterocycles. The second kappa shape index (κ2) is 8.00. The van der Waals surface area contributed by atoms with E-state index in [4.69, 9.17) is 0 Å². The SMILES string of the molecule is O=C1C(=O)c2ccccc2C(O)=C1CCCC[C@@H]1CC[C@H]2CCCC[C@H]2C1. The van der Waals surface area contributed by atoms with E-state index in [2.05, 4.69) is 0 Å². The second-order valence-electron chi connectivity index (χ2n) is 8.76. The standard InChI is InChI=1S/C24H30O3/c25-22-19-10-5-6-11-20(19)23(26)24(27)21(22)12-4-1-7-16-13-14-17-8-2-3-9-18(17)15-16/h5-6,10-11,16-18,25H,1-4,7-9,12-15H2/t16-,17-,18+/m1/s1. The summed E-state index contributed by atoms with van der Waals surface area (Å²) in [5, 5.41) is 10.5. The molecule has 1 N–H and O–H groups in total. The number of benzene rings is 1. The third-order valence-corrected chi connectivity index (χ3v) is 7.13. The summed E-state index contributed by atoms with van der Waals surface area (Å²) >= 11 is 0. The maximum Gasteiger partial charge on any atom is 0.234 e. The Balaban J connectivity index is 1.31. The van der Waals surface area contributed by atoms with Crippen LogP contribution in [0.3, 0.4) is 0 Å². The van der Waals surface area contributed by atoms with Gasteiger partial charge in [-0.05, 0) is 43.4 Å². The lowest BCUT2D eigenvalue weighted by atomic mass is 9.67. The highest BCUT2D eigenvalue weighted by molar-refractivity contribution is 6.52. The summed E-state index contributed by atoms with van der Waals surface area (Å²) in [5.41, 5.74) is 1.15. The Hall–Kier alpha value is -1.90. The molecule has 0 aliphatic heterocycles. The molecule has 3 nitrogen and oxygen atoms in total. The van der Waals surface area contributed by atoms with Crippen molar-refractivity contribution < 1.29 is 14.7 Å². The minimum absolute atomic E-state index is 0.0120. The van der Waals surface area contributed by atoms with Gasteiger partial charge < -0.3 is 5.11 Å². The van der Waals surface area contributed by atoms with Gasteiger partial charge >= 0.3 is 0 Å². The van der Waals surface area contributed by atoms with Gasteiger partial charge in [0.2, 0.25) is 11.6 Å². The van der Waals surface area contributed by atoms with E-state index in [9.17, 15) is 14.7 Å².